The zero-order valence-corrected chi connectivity index (χ0v) is 15.4. The van der Waals surface area contributed by atoms with Gasteiger partial charge in [-0.05, 0) is 58.3 Å². The summed E-state index contributed by atoms with van der Waals surface area (Å²) in [4.78, 5) is 19.3. The summed E-state index contributed by atoms with van der Waals surface area (Å²) in [6.45, 7) is 9.00. The lowest BCUT2D eigenvalue weighted by atomic mass is 9.95. The fourth-order valence-electron chi connectivity index (χ4n) is 3.53. The molecular weight excluding hydrogens is 312 g/mol. The summed E-state index contributed by atoms with van der Waals surface area (Å²) in [5.74, 6) is 1.26. The molecule has 134 valence electrons. The standard InChI is InChI=1S/C20H28N4O/c1-15(2)23-11-8-17(9-12-23)20(25)22-14-18-6-4-5-7-19(18)24-13-10-21-16(24)3/h4-7,10,13,15,17H,8-9,11-12,14H2,1-3H3,(H,22,25). The highest BCUT2D eigenvalue weighted by atomic mass is 16.1. The predicted molar refractivity (Wildman–Crippen MR) is 99.6 cm³/mol. The molecule has 1 fully saturated rings. The summed E-state index contributed by atoms with van der Waals surface area (Å²) in [7, 11) is 0. The molecule has 1 amide bonds. The average molecular weight is 340 g/mol. The Morgan fingerprint density at radius 1 is 1.28 bits per heavy atom. The second-order valence-electron chi connectivity index (χ2n) is 7.09. The van der Waals surface area contributed by atoms with Crippen LogP contribution in [0, 0.1) is 12.8 Å². The molecule has 1 aliphatic rings. The van der Waals surface area contributed by atoms with Crippen molar-refractivity contribution in [1.29, 1.82) is 0 Å². The fourth-order valence-corrected chi connectivity index (χ4v) is 3.53. The molecule has 0 atom stereocenters. The quantitative estimate of drug-likeness (QED) is 0.910. The van der Waals surface area contributed by atoms with E-state index in [-0.39, 0.29) is 11.8 Å². The Labute approximate surface area is 150 Å². The van der Waals surface area contributed by atoms with Gasteiger partial charge in [0.15, 0.2) is 0 Å². The van der Waals surface area contributed by atoms with Crippen LogP contribution in [0.2, 0.25) is 0 Å². The Hall–Kier alpha value is -2.14. The third-order valence-electron chi connectivity index (χ3n) is 5.16. The number of imidazole rings is 1. The molecular formula is C20H28N4O. The molecule has 0 aliphatic carbocycles. The van der Waals surface area contributed by atoms with Crippen molar-refractivity contribution < 1.29 is 4.79 Å². The molecule has 3 rings (SSSR count). The lowest BCUT2D eigenvalue weighted by Gasteiger charge is -2.34. The summed E-state index contributed by atoms with van der Waals surface area (Å²) in [6, 6.07) is 8.72. The number of aromatic nitrogens is 2. The molecule has 5 nitrogen and oxygen atoms in total. The molecule has 25 heavy (non-hydrogen) atoms. The van der Waals surface area contributed by atoms with Crippen molar-refractivity contribution in [3.63, 3.8) is 0 Å². The molecule has 2 aromatic rings. The zero-order chi connectivity index (χ0) is 17.8. The molecule has 1 N–H and O–H groups in total. The number of amides is 1. The average Bonchev–Trinajstić information content (AvgIpc) is 3.05. The van der Waals surface area contributed by atoms with Crippen LogP contribution in [0.3, 0.4) is 0 Å². The van der Waals surface area contributed by atoms with Crippen LogP contribution in [0.25, 0.3) is 5.69 Å². The van der Waals surface area contributed by atoms with Gasteiger partial charge in [-0.3, -0.25) is 4.79 Å². The van der Waals surface area contributed by atoms with Crippen molar-refractivity contribution in [3.8, 4) is 5.69 Å². The fraction of sp³-hybridized carbons (Fsp3) is 0.500. The topological polar surface area (TPSA) is 50.2 Å². The lowest BCUT2D eigenvalue weighted by Crippen LogP contribution is -2.43. The Balaban J connectivity index is 1.61. The summed E-state index contributed by atoms with van der Waals surface area (Å²) in [5, 5.41) is 3.14. The van der Waals surface area contributed by atoms with Gasteiger partial charge in [-0.2, -0.15) is 0 Å². The van der Waals surface area contributed by atoms with Crippen LogP contribution >= 0.6 is 0 Å². The molecule has 0 saturated carbocycles. The highest BCUT2D eigenvalue weighted by Gasteiger charge is 2.25. The molecule has 1 saturated heterocycles. The number of nitrogens with zero attached hydrogens (tertiary/aromatic N) is 3. The van der Waals surface area contributed by atoms with Crippen molar-refractivity contribution in [2.24, 2.45) is 5.92 Å². The highest BCUT2D eigenvalue weighted by molar-refractivity contribution is 5.78. The first-order valence-corrected chi connectivity index (χ1v) is 9.16. The molecule has 1 aliphatic heterocycles. The van der Waals surface area contributed by atoms with Gasteiger partial charge in [0.25, 0.3) is 0 Å². The second kappa shape index (κ2) is 7.83. The van der Waals surface area contributed by atoms with E-state index in [1.165, 1.54) is 0 Å². The number of benzene rings is 1. The number of carbonyl (C=O) groups is 1. The monoisotopic (exact) mass is 340 g/mol. The number of likely N-dealkylation sites (tertiary alicyclic amines) is 1. The minimum absolute atomic E-state index is 0.136. The van der Waals surface area contributed by atoms with Gasteiger partial charge in [-0.25, -0.2) is 4.98 Å². The van der Waals surface area contributed by atoms with Crippen LogP contribution in [-0.4, -0.2) is 39.5 Å². The van der Waals surface area contributed by atoms with Crippen LogP contribution in [0.1, 0.15) is 38.1 Å². The molecule has 0 radical (unpaired) electrons. The van der Waals surface area contributed by atoms with Gasteiger partial charge in [-0.1, -0.05) is 18.2 Å². The number of nitrogens with one attached hydrogen (secondary N) is 1. The first-order valence-electron chi connectivity index (χ1n) is 9.16. The van der Waals surface area contributed by atoms with Gasteiger partial charge in [0.2, 0.25) is 5.91 Å². The Morgan fingerprint density at radius 3 is 2.64 bits per heavy atom. The van der Waals surface area contributed by atoms with Crippen molar-refractivity contribution in [2.45, 2.75) is 46.2 Å². The van der Waals surface area contributed by atoms with Gasteiger partial charge in [0, 0.05) is 30.9 Å². The minimum Gasteiger partial charge on any atom is -0.352 e. The van der Waals surface area contributed by atoms with E-state index in [1.54, 1.807) is 6.20 Å². The van der Waals surface area contributed by atoms with E-state index in [0.717, 1.165) is 43.0 Å². The first-order chi connectivity index (χ1) is 12.1. The second-order valence-corrected chi connectivity index (χ2v) is 7.09. The number of para-hydroxylation sites is 1. The number of piperidine rings is 1. The van der Waals surface area contributed by atoms with Crippen LogP contribution in [0.15, 0.2) is 36.7 Å². The summed E-state index contributed by atoms with van der Waals surface area (Å²) >= 11 is 0. The van der Waals surface area contributed by atoms with Gasteiger partial charge >= 0.3 is 0 Å². The van der Waals surface area contributed by atoms with E-state index in [0.29, 0.717) is 12.6 Å². The number of hydrogen-bond acceptors (Lipinski definition) is 3. The van der Waals surface area contributed by atoms with E-state index < -0.39 is 0 Å². The minimum atomic E-state index is 0.136. The number of hydrogen-bond donors (Lipinski definition) is 1. The molecule has 5 heteroatoms. The number of rotatable bonds is 5. The zero-order valence-electron chi connectivity index (χ0n) is 15.4. The van der Waals surface area contributed by atoms with E-state index in [1.807, 2.05) is 25.3 Å². The molecule has 1 aromatic carbocycles. The maximum absolute atomic E-state index is 12.6. The third kappa shape index (κ3) is 4.10. The van der Waals surface area contributed by atoms with Gasteiger partial charge in [0.05, 0.1) is 5.69 Å². The van der Waals surface area contributed by atoms with Crippen LogP contribution in [0.4, 0.5) is 0 Å². The van der Waals surface area contributed by atoms with Crippen LogP contribution in [0.5, 0.6) is 0 Å². The Kier molecular flexibility index (Phi) is 5.53. The van der Waals surface area contributed by atoms with Crippen LogP contribution < -0.4 is 5.32 Å². The Morgan fingerprint density at radius 2 is 2.00 bits per heavy atom. The molecule has 2 heterocycles. The van der Waals surface area contributed by atoms with Crippen molar-refractivity contribution >= 4 is 5.91 Å². The first kappa shape index (κ1) is 17.7. The maximum atomic E-state index is 12.6. The summed E-state index contributed by atoms with van der Waals surface area (Å²) in [5.41, 5.74) is 2.18. The third-order valence-corrected chi connectivity index (χ3v) is 5.16. The van der Waals surface area contributed by atoms with Crippen molar-refractivity contribution in [3.05, 3.63) is 48.0 Å². The molecule has 0 bridgehead atoms. The summed E-state index contributed by atoms with van der Waals surface area (Å²) < 4.78 is 2.06. The van der Waals surface area contributed by atoms with Gasteiger partial charge < -0.3 is 14.8 Å². The van der Waals surface area contributed by atoms with Crippen LogP contribution in [-0.2, 0) is 11.3 Å². The largest absolute Gasteiger partial charge is 0.352 e. The molecule has 0 spiro atoms. The normalized spacial score (nSPS) is 16.3. The smallest absolute Gasteiger partial charge is 0.223 e. The van der Waals surface area contributed by atoms with E-state index in [4.69, 9.17) is 0 Å². The lowest BCUT2D eigenvalue weighted by molar-refractivity contribution is -0.126. The SMILES string of the molecule is Cc1nccn1-c1ccccc1CNC(=O)C1CCN(C(C)C)CC1. The van der Waals surface area contributed by atoms with E-state index in [2.05, 4.69) is 45.7 Å². The van der Waals surface area contributed by atoms with Gasteiger partial charge in [-0.15, -0.1) is 0 Å². The molecule has 1 aromatic heterocycles. The summed E-state index contributed by atoms with van der Waals surface area (Å²) in [6.07, 6.45) is 5.66. The predicted octanol–water partition coefficient (Wildman–Crippen LogP) is 2.92. The van der Waals surface area contributed by atoms with Crippen molar-refractivity contribution in [2.75, 3.05) is 13.1 Å². The number of carbonyl (C=O) groups excluding carboxylic acids is 1. The van der Waals surface area contributed by atoms with Crippen molar-refractivity contribution in [1.82, 2.24) is 19.8 Å². The van der Waals surface area contributed by atoms with Gasteiger partial charge in [0.1, 0.15) is 5.82 Å². The maximum Gasteiger partial charge on any atom is 0.223 e. The molecule has 0 unspecified atom stereocenters. The highest BCUT2D eigenvalue weighted by Crippen LogP contribution is 2.20. The number of aryl methyl sites for hydroxylation is 1. The Bertz CT molecular complexity index is 714. The van der Waals surface area contributed by atoms with E-state index >= 15 is 0 Å². The van der Waals surface area contributed by atoms with E-state index in [9.17, 15) is 4.79 Å².